The molecule has 0 fully saturated rings. The third-order valence-corrected chi connectivity index (χ3v) is 2.87. The van der Waals surface area contributed by atoms with Crippen molar-refractivity contribution in [1.82, 2.24) is 14.9 Å². The average molecular weight is 260 g/mol. The minimum atomic E-state index is -0.120. The molecule has 0 saturated carbocycles. The number of aromatic nitrogens is 2. The highest BCUT2D eigenvalue weighted by atomic mass is 35.5. The van der Waals surface area contributed by atoms with E-state index < -0.39 is 0 Å². The van der Waals surface area contributed by atoms with Gasteiger partial charge in [-0.25, -0.2) is 10.8 Å². The maximum absolute atomic E-state index is 5.93. The summed E-state index contributed by atoms with van der Waals surface area (Å²) in [5.74, 6) is 5.81. The lowest BCUT2D eigenvalue weighted by molar-refractivity contribution is 0.111. The minimum Gasteiger partial charge on any atom is -0.475 e. The van der Waals surface area contributed by atoms with Crippen molar-refractivity contribution in [3.63, 3.8) is 0 Å². The predicted octanol–water partition coefficient (Wildman–Crippen LogP) is 1.13. The van der Waals surface area contributed by atoms with E-state index in [1.807, 2.05) is 14.1 Å². The molecule has 17 heavy (non-hydrogen) atoms. The number of nitrogens with zero attached hydrogens (tertiary/aromatic N) is 3. The summed E-state index contributed by atoms with van der Waals surface area (Å²) in [5, 5.41) is 0.360. The summed E-state index contributed by atoms with van der Waals surface area (Å²) in [4.78, 5) is 9.96. The second kappa shape index (κ2) is 5.48. The van der Waals surface area contributed by atoms with Crippen LogP contribution < -0.4 is 16.0 Å². The zero-order chi connectivity index (χ0) is 13.1. The monoisotopic (exact) mass is 259 g/mol. The number of likely N-dealkylation sites (N-methyl/N-ethyl adjacent to an activating group) is 1. The molecule has 96 valence electrons. The van der Waals surface area contributed by atoms with Crippen molar-refractivity contribution in [1.29, 1.82) is 0 Å². The summed E-state index contributed by atoms with van der Waals surface area (Å²) in [7, 11) is 3.97. The molecule has 0 aliphatic carbocycles. The van der Waals surface area contributed by atoms with Crippen LogP contribution in [0.2, 0.25) is 5.02 Å². The van der Waals surface area contributed by atoms with Gasteiger partial charge in [0.25, 0.3) is 0 Å². The van der Waals surface area contributed by atoms with E-state index in [0.29, 0.717) is 17.5 Å². The Labute approximate surface area is 106 Å². The summed E-state index contributed by atoms with van der Waals surface area (Å²) in [6, 6.07) is 0. The molecule has 0 spiro atoms. The Morgan fingerprint density at radius 1 is 1.53 bits per heavy atom. The highest BCUT2D eigenvalue weighted by Crippen LogP contribution is 2.23. The third-order valence-electron chi connectivity index (χ3n) is 2.61. The summed E-state index contributed by atoms with van der Waals surface area (Å²) in [6.45, 7) is 4.58. The molecular formula is C10H18ClN5O. The number of halogens is 1. The zero-order valence-electron chi connectivity index (χ0n) is 10.5. The Morgan fingerprint density at radius 3 is 2.71 bits per heavy atom. The van der Waals surface area contributed by atoms with E-state index in [-0.39, 0.29) is 11.5 Å². The second-order valence-electron chi connectivity index (χ2n) is 4.49. The smallest absolute Gasteiger partial charge is 0.240 e. The molecule has 0 radical (unpaired) electrons. The van der Waals surface area contributed by atoms with E-state index >= 15 is 0 Å². The van der Waals surface area contributed by atoms with Crippen LogP contribution in [-0.4, -0.2) is 41.1 Å². The topological polar surface area (TPSA) is 76.3 Å². The van der Waals surface area contributed by atoms with Gasteiger partial charge in [0.2, 0.25) is 11.8 Å². The van der Waals surface area contributed by atoms with Crippen LogP contribution in [0.25, 0.3) is 0 Å². The molecule has 0 amide bonds. The van der Waals surface area contributed by atoms with E-state index in [9.17, 15) is 0 Å². The Bertz CT molecular complexity index is 383. The van der Waals surface area contributed by atoms with Gasteiger partial charge in [-0.15, -0.1) is 0 Å². The highest BCUT2D eigenvalue weighted by Gasteiger charge is 2.22. The first-order chi connectivity index (χ1) is 7.86. The Hall–Kier alpha value is -1.11. The molecule has 0 aliphatic heterocycles. The fourth-order valence-corrected chi connectivity index (χ4v) is 1.04. The third kappa shape index (κ3) is 3.69. The van der Waals surface area contributed by atoms with Crippen molar-refractivity contribution in [2.24, 2.45) is 5.84 Å². The lowest BCUT2D eigenvalue weighted by Crippen LogP contribution is -2.43. The minimum absolute atomic E-state index is 0.120. The second-order valence-corrected chi connectivity index (χ2v) is 4.89. The van der Waals surface area contributed by atoms with E-state index in [1.54, 1.807) is 0 Å². The molecule has 0 aromatic carbocycles. The first-order valence-electron chi connectivity index (χ1n) is 5.16. The molecule has 0 saturated heterocycles. The van der Waals surface area contributed by atoms with Crippen LogP contribution in [0.1, 0.15) is 13.8 Å². The number of hydrazine groups is 1. The highest BCUT2D eigenvalue weighted by molar-refractivity contribution is 6.31. The maximum Gasteiger partial charge on any atom is 0.240 e. The van der Waals surface area contributed by atoms with Crippen molar-refractivity contribution in [3.8, 4) is 5.88 Å². The molecule has 1 aromatic heterocycles. The van der Waals surface area contributed by atoms with Crippen LogP contribution in [0.5, 0.6) is 5.88 Å². The molecule has 0 bridgehead atoms. The van der Waals surface area contributed by atoms with Gasteiger partial charge in [0.15, 0.2) is 0 Å². The van der Waals surface area contributed by atoms with Crippen molar-refractivity contribution < 1.29 is 4.74 Å². The van der Waals surface area contributed by atoms with Crippen molar-refractivity contribution in [3.05, 3.63) is 11.2 Å². The molecule has 7 heteroatoms. The first kappa shape index (κ1) is 14.0. The van der Waals surface area contributed by atoms with E-state index in [2.05, 4.69) is 34.1 Å². The quantitative estimate of drug-likeness (QED) is 0.610. The average Bonchev–Trinajstić information content (AvgIpc) is 2.28. The number of rotatable bonds is 5. The van der Waals surface area contributed by atoms with Gasteiger partial charge in [0, 0.05) is 5.54 Å². The SMILES string of the molecule is CN(C)C(C)(C)COc1nc(NN)ncc1Cl. The van der Waals surface area contributed by atoms with Crippen LogP contribution >= 0.6 is 11.6 Å². The predicted molar refractivity (Wildman–Crippen MR) is 68.1 cm³/mol. The normalized spacial score (nSPS) is 11.7. The maximum atomic E-state index is 5.93. The first-order valence-corrected chi connectivity index (χ1v) is 5.54. The zero-order valence-corrected chi connectivity index (χ0v) is 11.2. The van der Waals surface area contributed by atoms with Gasteiger partial charge in [-0.05, 0) is 27.9 Å². The summed E-state index contributed by atoms with van der Waals surface area (Å²) in [6.07, 6.45) is 1.45. The summed E-state index contributed by atoms with van der Waals surface area (Å²) < 4.78 is 5.59. The summed E-state index contributed by atoms with van der Waals surface area (Å²) >= 11 is 5.93. The molecule has 6 nitrogen and oxygen atoms in total. The van der Waals surface area contributed by atoms with Crippen LogP contribution in [0.3, 0.4) is 0 Å². The lowest BCUT2D eigenvalue weighted by atomic mass is 10.1. The van der Waals surface area contributed by atoms with Crippen LogP contribution in [-0.2, 0) is 0 Å². The van der Waals surface area contributed by atoms with Crippen molar-refractivity contribution >= 4 is 17.5 Å². The fraction of sp³-hybridized carbons (Fsp3) is 0.600. The van der Waals surface area contributed by atoms with Crippen LogP contribution in [0.15, 0.2) is 6.20 Å². The number of anilines is 1. The summed E-state index contributed by atoms with van der Waals surface area (Å²) in [5.41, 5.74) is 2.22. The molecular weight excluding hydrogens is 242 g/mol. The molecule has 1 aromatic rings. The standard InChI is InChI=1S/C10H18ClN5O/c1-10(2,16(3)4)6-17-8-7(11)5-13-9(14-8)15-12/h5H,6,12H2,1-4H3,(H,13,14,15). The number of nitrogens with one attached hydrogen (secondary N) is 1. The van der Waals surface area contributed by atoms with Gasteiger partial charge in [0.1, 0.15) is 11.6 Å². The molecule has 0 atom stereocenters. The van der Waals surface area contributed by atoms with Crippen LogP contribution in [0, 0.1) is 0 Å². The van der Waals surface area contributed by atoms with Gasteiger partial charge >= 0.3 is 0 Å². The fourth-order valence-electron chi connectivity index (χ4n) is 0.896. The van der Waals surface area contributed by atoms with Crippen molar-refractivity contribution in [2.75, 3.05) is 26.1 Å². The van der Waals surface area contributed by atoms with Gasteiger partial charge in [-0.3, -0.25) is 5.43 Å². The van der Waals surface area contributed by atoms with Gasteiger partial charge < -0.3 is 9.64 Å². The van der Waals surface area contributed by atoms with E-state index in [4.69, 9.17) is 22.2 Å². The molecule has 1 rings (SSSR count). The van der Waals surface area contributed by atoms with Gasteiger partial charge in [0.05, 0.1) is 6.20 Å². The van der Waals surface area contributed by atoms with Crippen LogP contribution in [0.4, 0.5) is 5.95 Å². The molecule has 0 aliphatic rings. The Kier molecular flexibility index (Phi) is 4.50. The van der Waals surface area contributed by atoms with E-state index in [0.717, 1.165) is 0 Å². The number of nitrogen functional groups attached to an aromatic ring is 1. The Balaban J connectivity index is 2.75. The number of hydrogen-bond donors (Lipinski definition) is 2. The lowest BCUT2D eigenvalue weighted by Gasteiger charge is -2.31. The van der Waals surface area contributed by atoms with Gasteiger partial charge in [-0.1, -0.05) is 11.6 Å². The number of hydrogen-bond acceptors (Lipinski definition) is 6. The van der Waals surface area contributed by atoms with Gasteiger partial charge in [-0.2, -0.15) is 4.98 Å². The number of nitrogens with two attached hydrogens (primary N) is 1. The largest absolute Gasteiger partial charge is 0.475 e. The van der Waals surface area contributed by atoms with Crippen molar-refractivity contribution in [2.45, 2.75) is 19.4 Å². The molecule has 0 unspecified atom stereocenters. The Morgan fingerprint density at radius 2 is 2.18 bits per heavy atom. The number of ether oxygens (including phenoxy) is 1. The molecule has 3 N–H and O–H groups in total. The molecule has 1 heterocycles. The van der Waals surface area contributed by atoms with E-state index in [1.165, 1.54) is 6.20 Å².